The molecule has 0 aliphatic rings. The predicted molar refractivity (Wildman–Crippen MR) is 33.0 cm³/mol. The monoisotopic (exact) mass is 149 g/mol. The fourth-order valence-electron chi connectivity index (χ4n) is 0.178. The van der Waals surface area contributed by atoms with Crippen LogP contribution < -0.4 is 0 Å². The summed E-state index contributed by atoms with van der Waals surface area (Å²) in [4.78, 5) is 0. The largest absolute Gasteiger partial charge is 0.174 e. The first-order chi connectivity index (χ1) is 3.30. The van der Waals surface area contributed by atoms with Gasteiger partial charge in [-0.25, -0.2) is 0 Å². The molecule has 0 saturated heterocycles. The van der Waals surface area contributed by atoms with Crippen molar-refractivity contribution in [3.05, 3.63) is 0 Å². The van der Waals surface area contributed by atoms with Crippen molar-refractivity contribution < 1.29 is 0 Å². The third-order valence-electron chi connectivity index (χ3n) is 0.442. The molecular formula is C2HN2S3. The van der Waals surface area contributed by atoms with E-state index in [2.05, 4.69) is 34.8 Å². The molecule has 0 amide bonds. The highest BCUT2D eigenvalue weighted by molar-refractivity contribution is 7.85. The van der Waals surface area contributed by atoms with Crippen LogP contribution >= 0.6 is 36.8 Å². The zero-order valence-corrected chi connectivity index (χ0v) is 5.69. The average molecular weight is 149 g/mol. The molecule has 7 heavy (non-hydrogen) atoms. The number of hydrogen-bond donors (Lipinski definition) is 1. The second-order valence-electron chi connectivity index (χ2n) is 0.883. The molecule has 5 heteroatoms. The molecule has 2 nitrogen and oxygen atoms in total. The molecule has 1 rings (SSSR count). The lowest BCUT2D eigenvalue weighted by Gasteiger charge is -1.70. The zero-order chi connectivity index (χ0) is 5.28. The van der Waals surface area contributed by atoms with Gasteiger partial charge in [0.15, 0.2) is 5.03 Å². The molecule has 0 aromatic carbocycles. The Morgan fingerprint density at radius 2 is 2.43 bits per heavy atom. The van der Waals surface area contributed by atoms with Gasteiger partial charge >= 0.3 is 0 Å². The van der Waals surface area contributed by atoms with Gasteiger partial charge in [0.05, 0.1) is 0 Å². The first-order valence-electron chi connectivity index (χ1n) is 1.49. The van der Waals surface area contributed by atoms with Crippen LogP contribution in [0.1, 0.15) is 0 Å². The molecule has 0 aliphatic carbocycles. The Morgan fingerprint density at radius 3 is 2.57 bits per heavy atom. The highest BCUT2D eigenvalue weighted by Crippen LogP contribution is 2.17. The van der Waals surface area contributed by atoms with Crippen LogP contribution in [0.15, 0.2) is 9.24 Å². The number of hydrogen-bond acceptors (Lipinski definition) is 4. The molecule has 0 fully saturated rings. The molecule has 1 aromatic heterocycles. The van der Waals surface area contributed by atoms with Crippen molar-refractivity contribution in [3.8, 4) is 0 Å². The summed E-state index contributed by atoms with van der Waals surface area (Å²) in [5.74, 6) is 0. The van der Waals surface area contributed by atoms with Gasteiger partial charge in [-0.15, -0.1) is 17.7 Å². The number of thiol groups is 1. The molecule has 1 radical (unpaired) electrons. The molecule has 0 bridgehead atoms. The van der Waals surface area contributed by atoms with E-state index in [4.69, 9.17) is 0 Å². The first-order valence-corrected chi connectivity index (χ1v) is 3.12. The molecule has 0 atom stereocenters. The van der Waals surface area contributed by atoms with Crippen molar-refractivity contribution >= 4 is 36.8 Å². The Balaban J connectivity index is 3.12. The molecule has 1 heterocycles. The number of rotatable bonds is 0. The minimum atomic E-state index is 0.494. The average Bonchev–Trinajstić information content (AvgIpc) is 1.91. The fourth-order valence-corrected chi connectivity index (χ4v) is 0.855. The Morgan fingerprint density at radius 1 is 1.71 bits per heavy atom. The summed E-state index contributed by atoms with van der Waals surface area (Å²) in [6.07, 6.45) is 0. The second kappa shape index (κ2) is 1.94. The van der Waals surface area contributed by atoms with Crippen LogP contribution in [0.5, 0.6) is 0 Å². The van der Waals surface area contributed by atoms with E-state index < -0.39 is 0 Å². The van der Waals surface area contributed by atoms with Gasteiger partial charge in [-0.1, -0.05) is 17.1 Å². The van der Waals surface area contributed by atoms with Gasteiger partial charge in [0.2, 0.25) is 0 Å². The topological polar surface area (TPSA) is 25.8 Å². The summed E-state index contributed by atoms with van der Waals surface area (Å²) >= 11 is 9.79. The van der Waals surface area contributed by atoms with E-state index in [0.717, 1.165) is 4.21 Å². The van der Waals surface area contributed by atoms with Crippen molar-refractivity contribution in [2.45, 2.75) is 9.24 Å². The van der Waals surface area contributed by atoms with E-state index in [1.807, 2.05) is 0 Å². The van der Waals surface area contributed by atoms with Crippen LogP contribution in [0.4, 0.5) is 0 Å². The van der Waals surface area contributed by atoms with Gasteiger partial charge in [-0.2, -0.15) is 0 Å². The van der Waals surface area contributed by atoms with Crippen LogP contribution in [0.3, 0.4) is 0 Å². The lowest BCUT2D eigenvalue weighted by atomic mass is 11.0. The number of nitrogens with zero attached hydrogens (tertiary/aromatic N) is 2. The molecule has 0 unspecified atom stereocenters. The van der Waals surface area contributed by atoms with Crippen molar-refractivity contribution in [2.24, 2.45) is 0 Å². The SMILES string of the molecule is [S]c1nnsc1S. The van der Waals surface area contributed by atoms with Gasteiger partial charge in [-0.05, 0) is 11.5 Å². The summed E-state index contributed by atoms with van der Waals surface area (Å²) in [5, 5.41) is 4.02. The summed E-state index contributed by atoms with van der Waals surface area (Å²) < 4.78 is 4.25. The molecule has 37 valence electrons. The molecule has 0 aliphatic heterocycles. The van der Waals surface area contributed by atoms with Gasteiger partial charge in [-0.3, -0.25) is 0 Å². The minimum absolute atomic E-state index is 0.494. The van der Waals surface area contributed by atoms with Crippen LogP contribution in [-0.2, 0) is 0 Å². The van der Waals surface area contributed by atoms with E-state index in [0.29, 0.717) is 5.03 Å². The maximum Gasteiger partial charge on any atom is 0.174 e. The molecule has 1 aromatic rings. The molecule has 0 saturated carbocycles. The quantitative estimate of drug-likeness (QED) is 0.564. The Labute approximate surface area is 55.9 Å². The van der Waals surface area contributed by atoms with Gasteiger partial charge in [0.25, 0.3) is 0 Å². The first kappa shape index (κ1) is 5.27. The smallest absolute Gasteiger partial charge is 0.128 e. The maximum absolute atomic E-state index is 4.65. The van der Waals surface area contributed by atoms with E-state index in [1.165, 1.54) is 11.5 Å². The summed E-state index contributed by atoms with van der Waals surface area (Å²) in [6, 6.07) is 0. The van der Waals surface area contributed by atoms with Gasteiger partial charge in [0.1, 0.15) is 4.21 Å². The highest BCUT2D eigenvalue weighted by Gasteiger charge is 1.95. The highest BCUT2D eigenvalue weighted by atomic mass is 32.2. The number of aromatic nitrogens is 2. The summed E-state index contributed by atoms with van der Waals surface area (Å²) in [6.45, 7) is 0. The van der Waals surface area contributed by atoms with Gasteiger partial charge in [0, 0.05) is 0 Å². The third-order valence-corrected chi connectivity index (χ3v) is 1.99. The van der Waals surface area contributed by atoms with Crippen LogP contribution in [0, 0.1) is 0 Å². The van der Waals surface area contributed by atoms with E-state index in [-0.39, 0.29) is 0 Å². The second-order valence-corrected chi connectivity index (χ2v) is 2.77. The molecule has 0 N–H and O–H groups in total. The summed E-state index contributed by atoms with van der Waals surface area (Å²) in [5.41, 5.74) is 0. The minimum Gasteiger partial charge on any atom is -0.128 e. The molecular weight excluding hydrogens is 148 g/mol. The maximum atomic E-state index is 4.65. The predicted octanol–water partition coefficient (Wildman–Crippen LogP) is 1.38. The van der Waals surface area contributed by atoms with Crippen molar-refractivity contribution in [1.29, 1.82) is 0 Å². The molecule has 0 spiro atoms. The van der Waals surface area contributed by atoms with Gasteiger partial charge < -0.3 is 0 Å². The van der Waals surface area contributed by atoms with Crippen LogP contribution in [0.25, 0.3) is 0 Å². The standard InChI is InChI=1S/C2HN2S3/c5-1-2(6)7-4-3-1/h6H. The lowest BCUT2D eigenvalue weighted by Crippen LogP contribution is -1.61. The fraction of sp³-hybridized carbons (Fsp3) is 0. The van der Waals surface area contributed by atoms with Crippen LogP contribution in [-0.4, -0.2) is 9.59 Å². The Kier molecular flexibility index (Phi) is 1.46. The van der Waals surface area contributed by atoms with Crippen molar-refractivity contribution in [1.82, 2.24) is 9.59 Å². The third kappa shape index (κ3) is 1.02. The normalized spacial score (nSPS) is 9.29. The van der Waals surface area contributed by atoms with Crippen LogP contribution in [0.2, 0.25) is 0 Å². The lowest BCUT2D eigenvalue weighted by molar-refractivity contribution is 1.01. The summed E-state index contributed by atoms with van der Waals surface area (Å²) in [7, 11) is 0. The van der Waals surface area contributed by atoms with E-state index >= 15 is 0 Å². The Hall–Kier alpha value is 0.130. The van der Waals surface area contributed by atoms with Crippen molar-refractivity contribution in [2.75, 3.05) is 0 Å². The van der Waals surface area contributed by atoms with E-state index in [1.54, 1.807) is 0 Å². The van der Waals surface area contributed by atoms with Crippen molar-refractivity contribution in [3.63, 3.8) is 0 Å². The Bertz CT molecular complexity index is 143. The van der Waals surface area contributed by atoms with E-state index in [9.17, 15) is 0 Å². The zero-order valence-electron chi connectivity index (χ0n) is 3.16.